The molecule has 0 heterocycles. The van der Waals surface area contributed by atoms with E-state index in [0.717, 1.165) is 16.7 Å². The van der Waals surface area contributed by atoms with E-state index < -0.39 is 43.3 Å². The molecule has 5 N–H and O–H groups in total. The van der Waals surface area contributed by atoms with Crippen LogP contribution in [-0.4, -0.2) is 42.9 Å². The molecule has 4 atom stereocenters. The Labute approximate surface area is 253 Å². The molecule has 43 heavy (non-hydrogen) atoms. The largest absolute Gasteiger partial charge is 0.445 e. The summed E-state index contributed by atoms with van der Waals surface area (Å²) in [4.78, 5) is 38.7. The van der Waals surface area contributed by atoms with Gasteiger partial charge < -0.3 is 25.6 Å². The van der Waals surface area contributed by atoms with E-state index in [1.807, 2.05) is 105 Å². The number of ether oxygens (including phenoxy) is 1. The molecule has 0 saturated carbocycles. The van der Waals surface area contributed by atoms with Gasteiger partial charge in [-0.3, -0.25) is 14.2 Å². The van der Waals surface area contributed by atoms with Crippen LogP contribution in [0.5, 0.6) is 0 Å². The Balaban J connectivity index is 1.82. The normalized spacial score (nSPS) is 14.6. The van der Waals surface area contributed by atoms with Crippen LogP contribution in [0.3, 0.4) is 0 Å². The summed E-state index contributed by atoms with van der Waals surface area (Å²) in [7, 11) is -2.71. The Morgan fingerprint density at radius 1 is 0.767 bits per heavy atom. The van der Waals surface area contributed by atoms with E-state index in [4.69, 9.17) is 15.0 Å². The molecule has 0 saturated heterocycles. The molecule has 0 bridgehead atoms. The smallest absolute Gasteiger partial charge is 0.408 e. The summed E-state index contributed by atoms with van der Waals surface area (Å²) in [5.41, 5.74) is 8.03. The average Bonchev–Trinajstić information content (AvgIpc) is 3.00. The van der Waals surface area contributed by atoms with Crippen molar-refractivity contribution in [1.82, 2.24) is 15.7 Å². The maximum Gasteiger partial charge on any atom is 0.408 e. The van der Waals surface area contributed by atoms with Crippen LogP contribution in [0, 0.1) is 5.92 Å². The standard InChI is InChI=1S/C32H41N4O6P/c1-23(2)19-28(31(38)34-27(30(33)37)20-24-13-7-4-8-14-24)36-43(40,41-3)29(21-25-15-9-5-10-16-25)35-32(39)42-22-26-17-11-6-12-18-26/h4-18,23,27-29H,19-22H2,1-3H3,(H2,33,37)(H,34,38)(H,35,39)(H,36,40)/t27-,28-,29?,43?/m0/s1. The number of carbonyl (C=O) groups is 3. The van der Waals surface area contributed by atoms with E-state index in [1.54, 1.807) is 0 Å². The van der Waals surface area contributed by atoms with Crippen molar-refractivity contribution in [3.8, 4) is 0 Å². The first kappa shape index (κ1) is 33.5. The van der Waals surface area contributed by atoms with E-state index >= 15 is 0 Å². The van der Waals surface area contributed by atoms with Crippen molar-refractivity contribution >= 4 is 25.4 Å². The zero-order chi connectivity index (χ0) is 31.2. The molecule has 10 nitrogen and oxygen atoms in total. The number of hydrogen-bond donors (Lipinski definition) is 4. The summed E-state index contributed by atoms with van der Waals surface area (Å²) in [6, 6.07) is 25.5. The summed E-state index contributed by atoms with van der Waals surface area (Å²) >= 11 is 0. The first-order valence-electron chi connectivity index (χ1n) is 14.2. The van der Waals surface area contributed by atoms with Gasteiger partial charge in [0.15, 0.2) is 0 Å². The Bertz CT molecular complexity index is 1360. The number of nitrogens with two attached hydrogens (primary N) is 1. The minimum Gasteiger partial charge on any atom is -0.445 e. The van der Waals surface area contributed by atoms with Gasteiger partial charge in [-0.15, -0.1) is 0 Å². The fourth-order valence-electron chi connectivity index (χ4n) is 4.52. The third-order valence-electron chi connectivity index (χ3n) is 6.75. The molecular weight excluding hydrogens is 567 g/mol. The van der Waals surface area contributed by atoms with Gasteiger partial charge in [0.2, 0.25) is 11.8 Å². The monoisotopic (exact) mass is 608 g/mol. The van der Waals surface area contributed by atoms with Gasteiger partial charge in [-0.05, 0) is 29.0 Å². The highest BCUT2D eigenvalue weighted by molar-refractivity contribution is 7.57. The minimum atomic E-state index is -3.96. The van der Waals surface area contributed by atoms with Crippen LogP contribution in [-0.2, 0) is 42.9 Å². The van der Waals surface area contributed by atoms with Gasteiger partial charge >= 0.3 is 6.09 Å². The maximum atomic E-state index is 14.4. The zero-order valence-electron chi connectivity index (χ0n) is 24.8. The highest BCUT2D eigenvalue weighted by atomic mass is 31.2. The van der Waals surface area contributed by atoms with Crippen LogP contribution >= 0.6 is 7.52 Å². The number of primary amides is 1. The van der Waals surface area contributed by atoms with Gasteiger partial charge in [-0.1, -0.05) is 105 Å². The summed E-state index contributed by atoms with van der Waals surface area (Å²) < 4.78 is 25.4. The molecular formula is C32H41N4O6P. The minimum absolute atomic E-state index is 0.00563. The summed E-state index contributed by atoms with van der Waals surface area (Å²) in [6.45, 7) is 3.84. The lowest BCUT2D eigenvalue weighted by molar-refractivity contribution is -0.128. The lowest BCUT2D eigenvalue weighted by Gasteiger charge is -2.31. The molecule has 0 spiro atoms. The second-order valence-electron chi connectivity index (χ2n) is 10.7. The molecule has 3 rings (SSSR count). The van der Waals surface area contributed by atoms with E-state index in [-0.39, 0.29) is 31.8 Å². The van der Waals surface area contributed by atoms with Crippen LogP contribution < -0.4 is 21.5 Å². The number of hydrogen-bond acceptors (Lipinski definition) is 6. The number of nitrogens with one attached hydrogen (secondary N) is 3. The van der Waals surface area contributed by atoms with Gasteiger partial charge in [-0.25, -0.2) is 9.88 Å². The Hall–Kier alpha value is -3.98. The third kappa shape index (κ3) is 11.0. The van der Waals surface area contributed by atoms with E-state index in [0.29, 0.717) is 0 Å². The molecule has 0 radical (unpaired) electrons. The highest BCUT2D eigenvalue weighted by Crippen LogP contribution is 2.48. The number of rotatable bonds is 16. The number of alkyl carbamates (subject to hydrolysis) is 1. The number of benzene rings is 3. The molecule has 2 unspecified atom stereocenters. The number of amides is 3. The van der Waals surface area contributed by atoms with Crippen molar-refractivity contribution in [2.24, 2.45) is 11.7 Å². The Morgan fingerprint density at radius 3 is 1.77 bits per heavy atom. The SMILES string of the molecule is COP(=O)(N[C@@H](CC(C)C)C(=O)N[C@@H](Cc1ccccc1)C(N)=O)C(Cc1ccccc1)NC(=O)OCc1ccccc1. The van der Waals surface area contributed by atoms with Gasteiger partial charge in [0.25, 0.3) is 7.52 Å². The molecule has 3 aromatic carbocycles. The lowest BCUT2D eigenvalue weighted by atomic mass is 10.0. The van der Waals surface area contributed by atoms with Crippen molar-refractivity contribution in [3.63, 3.8) is 0 Å². The van der Waals surface area contributed by atoms with E-state index in [9.17, 15) is 18.9 Å². The first-order valence-corrected chi connectivity index (χ1v) is 15.9. The summed E-state index contributed by atoms with van der Waals surface area (Å²) in [6.07, 6.45) is -0.186. The van der Waals surface area contributed by atoms with Crippen LogP contribution in [0.4, 0.5) is 4.79 Å². The van der Waals surface area contributed by atoms with Crippen molar-refractivity contribution < 1.29 is 28.2 Å². The van der Waals surface area contributed by atoms with Crippen molar-refractivity contribution in [2.75, 3.05) is 7.11 Å². The molecule has 0 aliphatic heterocycles. The van der Waals surface area contributed by atoms with Gasteiger partial charge in [0.1, 0.15) is 18.4 Å². The summed E-state index contributed by atoms with van der Waals surface area (Å²) in [5, 5.41) is 8.34. The molecule has 0 aliphatic rings. The highest BCUT2D eigenvalue weighted by Gasteiger charge is 2.40. The molecule has 230 valence electrons. The second kappa shape index (κ2) is 16.6. The fraction of sp³-hybridized carbons (Fsp3) is 0.344. The van der Waals surface area contributed by atoms with Gasteiger partial charge in [-0.2, -0.15) is 0 Å². The predicted octanol–water partition coefficient (Wildman–Crippen LogP) is 4.54. The third-order valence-corrected chi connectivity index (χ3v) is 9.10. The quantitative estimate of drug-likeness (QED) is 0.175. The fourth-order valence-corrected chi connectivity index (χ4v) is 6.44. The van der Waals surface area contributed by atoms with Crippen LogP contribution in [0.1, 0.15) is 37.0 Å². The van der Waals surface area contributed by atoms with Gasteiger partial charge in [0, 0.05) is 20.0 Å². The molecule has 0 aliphatic carbocycles. The first-order chi connectivity index (χ1) is 20.6. The van der Waals surface area contributed by atoms with Crippen LogP contribution in [0.2, 0.25) is 0 Å². The summed E-state index contributed by atoms with van der Waals surface area (Å²) in [5.74, 6) is -2.33. The average molecular weight is 609 g/mol. The van der Waals surface area contributed by atoms with E-state index in [1.165, 1.54) is 7.11 Å². The van der Waals surface area contributed by atoms with E-state index in [2.05, 4.69) is 15.7 Å². The Morgan fingerprint density at radius 2 is 1.28 bits per heavy atom. The lowest BCUT2D eigenvalue weighted by Crippen LogP contribution is -2.53. The van der Waals surface area contributed by atoms with Gasteiger partial charge in [0.05, 0.1) is 6.04 Å². The molecule has 3 aromatic rings. The predicted molar refractivity (Wildman–Crippen MR) is 166 cm³/mol. The molecule has 0 aromatic heterocycles. The maximum absolute atomic E-state index is 14.4. The molecule has 0 fully saturated rings. The zero-order valence-corrected chi connectivity index (χ0v) is 25.7. The van der Waals surface area contributed by atoms with Crippen LogP contribution in [0.15, 0.2) is 91.0 Å². The van der Waals surface area contributed by atoms with Crippen LogP contribution in [0.25, 0.3) is 0 Å². The Kier molecular flexibility index (Phi) is 12.9. The van der Waals surface area contributed by atoms with Crippen molar-refractivity contribution in [1.29, 1.82) is 0 Å². The van der Waals surface area contributed by atoms with Crippen molar-refractivity contribution in [3.05, 3.63) is 108 Å². The molecule has 3 amide bonds. The van der Waals surface area contributed by atoms with Crippen molar-refractivity contribution in [2.45, 2.75) is 57.6 Å². The number of carbonyl (C=O) groups excluding carboxylic acids is 3. The topological polar surface area (TPSA) is 149 Å². The second-order valence-corrected chi connectivity index (χ2v) is 13.1. The molecule has 11 heteroatoms.